The van der Waals surface area contributed by atoms with Crippen molar-refractivity contribution in [1.29, 1.82) is 0 Å². The lowest BCUT2D eigenvalue weighted by Crippen LogP contribution is -2.35. The Morgan fingerprint density at radius 2 is 2.29 bits per heavy atom. The number of aromatic nitrogens is 1. The van der Waals surface area contributed by atoms with E-state index in [-0.39, 0.29) is 17.3 Å². The molecule has 2 heterocycles. The van der Waals surface area contributed by atoms with Gasteiger partial charge in [0.05, 0.1) is 12.2 Å². The van der Waals surface area contributed by atoms with Crippen molar-refractivity contribution in [3.8, 4) is 0 Å². The largest absolute Gasteiger partial charge is 0.401 e. The molecular weight excluding hydrogens is 285 g/mol. The third kappa shape index (κ3) is 4.59. The summed E-state index contributed by atoms with van der Waals surface area (Å²) < 4.78 is 36.8. The van der Waals surface area contributed by atoms with Crippen LogP contribution in [0.5, 0.6) is 0 Å². The highest BCUT2D eigenvalue weighted by atomic mass is 19.4. The standard InChI is InChI=1S/C13H17F3N4O/c14-13(15,16)8-20-5-3-9(7-20)6-19-12(21)11-10(17)2-1-4-18-11/h1-2,4,9H,3,5-8,17H2,(H,19,21). The summed E-state index contributed by atoms with van der Waals surface area (Å²) in [7, 11) is 0. The Morgan fingerprint density at radius 3 is 2.95 bits per heavy atom. The lowest BCUT2D eigenvalue weighted by atomic mass is 10.1. The van der Waals surface area contributed by atoms with Gasteiger partial charge in [0, 0.05) is 19.3 Å². The number of nitrogen functional groups attached to an aromatic ring is 1. The minimum atomic E-state index is -4.18. The Balaban J connectivity index is 1.80. The summed E-state index contributed by atoms with van der Waals surface area (Å²) in [5.74, 6) is -0.386. The van der Waals surface area contributed by atoms with Crippen LogP contribution < -0.4 is 11.1 Å². The van der Waals surface area contributed by atoms with Gasteiger partial charge in [-0.2, -0.15) is 13.2 Å². The van der Waals surface area contributed by atoms with Crippen molar-refractivity contribution < 1.29 is 18.0 Å². The monoisotopic (exact) mass is 302 g/mol. The molecule has 0 aromatic carbocycles. The van der Waals surface area contributed by atoms with Gasteiger partial charge in [0.1, 0.15) is 0 Å². The zero-order valence-corrected chi connectivity index (χ0v) is 11.4. The van der Waals surface area contributed by atoms with E-state index in [1.807, 2.05) is 0 Å². The van der Waals surface area contributed by atoms with Gasteiger partial charge < -0.3 is 11.1 Å². The van der Waals surface area contributed by atoms with Crippen LogP contribution in [0.4, 0.5) is 18.9 Å². The van der Waals surface area contributed by atoms with Gasteiger partial charge >= 0.3 is 6.18 Å². The summed E-state index contributed by atoms with van der Waals surface area (Å²) in [6.07, 6.45) is -2.08. The summed E-state index contributed by atoms with van der Waals surface area (Å²) in [4.78, 5) is 17.1. The van der Waals surface area contributed by atoms with Crippen LogP contribution in [0.15, 0.2) is 18.3 Å². The second kappa shape index (κ2) is 6.30. The lowest BCUT2D eigenvalue weighted by Gasteiger charge is -2.18. The molecule has 0 aliphatic carbocycles. The molecule has 1 saturated heterocycles. The molecule has 21 heavy (non-hydrogen) atoms. The Bertz CT molecular complexity index is 506. The maximum Gasteiger partial charge on any atom is 0.401 e. The number of carbonyl (C=O) groups is 1. The number of amides is 1. The molecule has 1 aromatic rings. The van der Waals surface area contributed by atoms with Crippen LogP contribution in [0.3, 0.4) is 0 Å². The summed E-state index contributed by atoms with van der Waals surface area (Å²) in [6.45, 7) is 0.150. The number of anilines is 1. The summed E-state index contributed by atoms with van der Waals surface area (Å²) in [5.41, 5.74) is 6.06. The first-order valence-corrected chi connectivity index (χ1v) is 6.63. The molecule has 1 fully saturated rings. The van der Waals surface area contributed by atoms with E-state index in [2.05, 4.69) is 10.3 Å². The highest BCUT2D eigenvalue weighted by Gasteiger charge is 2.34. The molecule has 0 saturated carbocycles. The Morgan fingerprint density at radius 1 is 1.52 bits per heavy atom. The van der Waals surface area contributed by atoms with Crippen molar-refractivity contribution in [2.75, 3.05) is 31.9 Å². The molecule has 1 aliphatic rings. The fraction of sp³-hybridized carbons (Fsp3) is 0.538. The molecule has 1 aliphatic heterocycles. The van der Waals surface area contributed by atoms with Gasteiger partial charge in [0.25, 0.3) is 5.91 Å². The first-order chi connectivity index (χ1) is 9.85. The van der Waals surface area contributed by atoms with Gasteiger partial charge in [0.2, 0.25) is 0 Å². The Kier molecular flexibility index (Phi) is 4.66. The number of likely N-dealkylation sites (tertiary alicyclic amines) is 1. The van der Waals surface area contributed by atoms with Crippen LogP contribution in [0.1, 0.15) is 16.9 Å². The zero-order chi connectivity index (χ0) is 15.5. The van der Waals surface area contributed by atoms with Crippen molar-refractivity contribution in [2.24, 2.45) is 5.92 Å². The van der Waals surface area contributed by atoms with Crippen LogP contribution in [0, 0.1) is 5.92 Å². The third-order valence-corrected chi connectivity index (χ3v) is 3.38. The van der Waals surface area contributed by atoms with Crippen molar-refractivity contribution in [3.63, 3.8) is 0 Å². The predicted molar refractivity (Wildman–Crippen MR) is 71.6 cm³/mol. The van der Waals surface area contributed by atoms with Crippen molar-refractivity contribution in [3.05, 3.63) is 24.0 Å². The molecule has 1 atom stereocenters. The molecule has 3 N–H and O–H groups in total. The van der Waals surface area contributed by atoms with Crippen LogP contribution >= 0.6 is 0 Å². The molecule has 0 bridgehead atoms. The average Bonchev–Trinajstić information content (AvgIpc) is 2.82. The first kappa shape index (κ1) is 15.6. The van der Waals surface area contributed by atoms with Crippen LogP contribution in [-0.2, 0) is 0 Å². The minimum Gasteiger partial charge on any atom is -0.397 e. The van der Waals surface area contributed by atoms with Gasteiger partial charge in [-0.05, 0) is 31.0 Å². The summed E-state index contributed by atoms with van der Waals surface area (Å²) >= 11 is 0. The molecular formula is C13H17F3N4O. The number of nitrogens with two attached hydrogens (primary N) is 1. The van der Waals surface area contributed by atoms with Crippen LogP contribution in [0.2, 0.25) is 0 Å². The first-order valence-electron chi connectivity index (χ1n) is 6.63. The van der Waals surface area contributed by atoms with E-state index in [4.69, 9.17) is 5.73 Å². The van der Waals surface area contributed by atoms with E-state index in [0.717, 1.165) is 0 Å². The fourth-order valence-electron chi connectivity index (χ4n) is 2.40. The molecule has 8 heteroatoms. The normalized spacial score (nSPS) is 19.7. The van der Waals surface area contributed by atoms with Gasteiger partial charge in [-0.25, -0.2) is 4.98 Å². The number of pyridine rings is 1. The number of hydrogen-bond donors (Lipinski definition) is 2. The fourth-order valence-corrected chi connectivity index (χ4v) is 2.40. The van der Waals surface area contributed by atoms with E-state index in [1.54, 1.807) is 12.1 Å². The smallest absolute Gasteiger partial charge is 0.397 e. The van der Waals surface area contributed by atoms with E-state index in [0.29, 0.717) is 26.1 Å². The topological polar surface area (TPSA) is 71.2 Å². The maximum absolute atomic E-state index is 12.3. The predicted octanol–water partition coefficient (Wildman–Crippen LogP) is 1.28. The SMILES string of the molecule is Nc1cccnc1C(=O)NCC1CCN(CC(F)(F)F)C1. The molecule has 1 aromatic heterocycles. The third-order valence-electron chi connectivity index (χ3n) is 3.38. The number of hydrogen-bond acceptors (Lipinski definition) is 4. The van der Waals surface area contributed by atoms with Gasteiger partial charge in [-0.15, -0.1) is 0 Å². The number of nitrogens with one attached hydrogen (secondary N) is 1. The molecule has 0 radical (unpaired) electrons. The van der Waals surface area contributed by atoms with Gasteiger partial charge in [0.15, 0.2) is 5.69 Å². The quantitative estimate of drug-likeness (QED) is 0.879. The molecule has 0 spiro atoms. The van der Waals surface area contributed by atoms with E-state index >= 15 is 0 Å². The number of carbonyl (C=O) groups excluding carboxylic acids is 1. The number of rotatable bonds is 4. The number of alkyl halides is 3. The molecule has 5 nitrogen and oxygen atoms in total. The number of nitrogens with zero attached hydrogens (tertiary/aromatic N) is 2. The van der Waals surface area contributed by atoms with Crippen molar-refractivity contribution in [1.82, 2.24) is 15.2 Å². The average molecular weight is 302 g/mol. The Hall–Kier alpha value is -1.83. The molecule has 116 valence electrons. The lowest BCUT2D eigenvalue weighted by molar-refractivity contribution is -0.143. The van der Waals surface area contributed by atoms with E-state index < -0.39 is 18.6 Å². The zero-order valence-electron chi connectivity index (χ0n) is 11.4. The Labute approximate surface area is 120 Å². The summed E-state index contributed by atoms with van der Waals surface area (Å²) in [6, 6.07) is 3.20. The highest BCUT2D eigenvalue weighted by Crippen LogP contribution is 2.22. The van der Waals surface area contributed by atoms with Gasteiger partial charge in [-0.3, -0.25) is 9.69 Å². The molecule has 1 amide bonds. The molecule has 2 rings (SSSR count). The molecule has 1 unspecified atom stereocenters. The minimum absolute atomic E-state index is 0.0150. The van der Waals surface area contributed by atoms with Gasteiger partial charge in [-0.1, -0.05) is 0 Å². The number of halogens is 3. The summed E-state index contributed by atoms with van der Waals surface area (Å²) in [5, 5.41) is 2.68. The van der Waals surface area contributed by atoms with Crippen molar-refractivity contribution in [2.45, 2.75) is 12.6 Å². The van der Waals surface area contributed by atoms with Crippen LogP contribution in [-0.4, -0.2) is 48.1 Å². The van der Waals surface area contributed by atoms with Crippen molar-refractivity contribution >= 4 is 11.6 Å². The second-order valence-corrected chi connectivity index (χ2v) is 5.16. The van der Waals surface area contributed by atoms with E-state index in [9.17, 15) is 18.0 Å². The second-order valence-electron chi connectivity index (χ2n) is 5.16. The highest BCUT2D eigenvalue weighted by molar-refractivity contribution is 5.96. The van der Waals surface area contributed by atoms with E-state index in [1.165, 1.54) is 11.1 Å². The van der Waals surface area contributed by atoms with Crippen LogP contribution in [0.25, 0.3) is 0 Å². The maximum atomic E-state index is 12.3.